The van der Waals surface area contributed by atoms with Gasteiger partial charge in [0.05, 0.1) is 17.3 Å². The molecule has 1 N–H and O–H groups in total. The SMILES string of the molecule is Cc1ccc2c(CC(=O)Nc3cccc(C4SCCS4)c3)coc2c1C. The number of benzene rings is 2. The fourth-order valence-electron chi connectivity index (χ4n) is 3.22. The molecule has 1 aliphatic rings. The Balaban J connectivity index is 1.49. The van der Waals surface area contributed by atoms with E-state index >= 15 is 0 Å². The summed E-state index contributed by atoms with van der Waals surface area (Å²) < 4.78 is 6.20. The van der Waals surface area contributed by atoms with Gasteiger partial charge in [-0.2, -0.15) is 0 Å². The summed E-state index contributed by atoms with van der Waals surface area (Å²) in [7, 11) is 0. The average molecular weight is 384 g/mol. The number of hydrogen-bond acceptors (Lipinski definition) is 4. The van der Waals surface area contributed by atoms with Crippen LogP contribution >= 0.6 is 23.5 Å². The van der Waals surface area contributed by atoms with Crippen molar-refractivity contribution in [1.82, 2.24) is 0 Å². The maximum Gasteiger partial charge on any atom is 0.228 e. The number of anilines is 1. The second-order valence-corrected chi connectivity index (χ2v) is 9.29. The third kappa shape index (κ3) is 3.51. The first-order valence-electron chi connectivity index (χ1n) is 8.71. The van der Waals surface area contributed by atoms with Gasteiger partial charge in [-0.25, -0.2) is 0 Å². The third-order valence-electron chi connectivity index (χ3n) is 4.76. The summed E-state index contributed by atoms with van der Waals surface area (Å²) in [5.41, 5.74) is 6.27. The average Bonchev–Trinajstić information content (AvgIpc) is 3.29. The Hall–Kier alpha value is -1.85. The number of amides is 1. The predicted octanol–water partition coefficient (Wildman–Crippen LogP) is 5.71. The van der Waals surface area contributed by atoms with Crippen molar-refractivity contribution in [3.63, 3.8) is 0 Å². The molecule has 1 fully saturated rings. The topological polar surface area (TPSA) is 42.2 Å². The molecule has 1 saturated heterocycles. The Morgan fingerprint density at radius 3 is 2.81 bits per heavy atom. The highest BCUT2D eigenvalue weighted by Crippen LogP contribution is 2.45. The number of fused-ring (bicyclic) bond motifs is 1. The van der Waals surface area contributed by atoms with Gasteiger partial charge in [0.15, 0.2) is 0 Å². The van der Waals surface area contributed by atoms with E-state index in [0.29, 0.717) is 11.0 Å². The molecule has 0 aliphatic carbocycles. The lowest BCUT2D eigenvalue weighted by Gasteiger charge is -2.11. The summed E-state index contributed by atoms with van der Waals surface area (Å²) in [5, 5.41) is 4.06. The van der Waals surface area contributed by atoms with Gasteiger partial charge < -0.3 is 9.73 Å². The standard InChI is InChI=1S/C21H21NO2S2/c1-13-6-7-18-16(12-24-20(18)14(13)2)11-19(23)22-17-5-3-4-15(10-17)21-25-8-9-26-21/h3-7,10,12,21H,8-9,11H2,1-2H3,(H,22,23). The third-order valence-corrected chi connectivity index (χ3v) is 7.86. The zero-order chi connectivity index (χ0) is 18.1. The molecular weight excluding hydrogens is 362 g/mol. The van der Waals surface area contributed by atoms with E-state index in [1.165, 1.54) is 22.6 Å². The Bertz CT molecular complexity index is 958. The van der Waals surface area contributed by atoms with Crippen LogP contribution < -0.4 is 5.32 Å². The summed E-state index contributed by atoms with van der Waals surface area (Å²) in [6.45, 7) is 4.12. The van der Waals surface area contributed by atoms with E-state index in [1.54, 1.807) is 6.26 Å². The van der Waals surface area contributed by atoms with E-state index in [0.717, 1.165) is 27.8 Å². The number of rotatable bonds is 4. The van der Waals surface area contributed by atoms with Gasteiger partial charge >= 0.3 is 0 Å². The van der Waals surface area contributed by atoms with Crippen LogP contribution in [0.4, 0.5) is 5.69 Å². The van der Waals surface area contributed by atoms with Crippen molar-refractivity contribution < 1.29 is 9.21 Å². The monoisotopic (exact) mass is 383 g/mol. The van der Waals surface area contributed by atoms with Gasteiger partial charge in [0.1, 0.15) is 5.58 Å². The molecule has 3 nitrogen and oxygen atoms in total. The molecule has 134 valence electrons. The number of hydrogen-bond donors (Lipinski definition) is 1. The lowest BCUT2D eigenvalue weighted by Crippen LogP contribution is -2.14. The highest BCUT2D eigenvalue weighted by molar-refractivity contribution is 8.19. The number of thioether (sulfide) groups is 2. The highest BCUT2D eigenvalue weighted by Gasteiger charge is 2.19. The van der Waals surface area contributed by atoms with Crippen molar-refractivity contribution >= 4 is 46.1 Å². The second kappa shape index (κ2) is 7.41. The summed E-state index contributed by atoms with van der Waals surface area (Å²) in [5.74, 6) is 2.37. The van der Waals surface area contributed by atoms with Crippen LogP contribution in [0.15, 0.2) is 47.1 Å². The van der Waals surface area contributed by atoms with Crippen LogP contribution in [0.1, 0.15) is 26.8 Å². The molecular formula is C21H21NO2S2. The van der Waals surface area contributed by atoms with Gasteiger partial charge in [-0.1, -0.05) is 24.3 Å². The molecule has 0 atom stereocenters. The van der Waals surface area contributed by atoms with Crippen molar-refractivity contribution in [1.29, 1.82) is 0 Å². The van der Waals surface area contributed by atoms with Gasteiger partial charge in [-0.15, -0.1) is 23.5 Å². The predicted molar refractivity (Wildman–Crippen MR) is 112 cm³/mol. The van der Waals surface area contributed by atoms with Gasteiger partial charge in [-0.3, -0.25) is 4.79 Å². The van der Waals surface area contributed by atoms with E-state index in [1.807, 2.05) is 41.7 Å². The van der Waals surface area contributed by atoms with Crippen LogP contribution in [-0.4, -0.2) is 17.4 Å². The molecule has 2 heterocycles. The van der Waals surface area contributed by atoms with E-state index < -0.39 is 0 Å². The largest absolute Gasteiger partial charge is 0.464 e. The first kappa shape index (κ1) is 17.6. The summed E-state index contributed by atoms with van der Waals surface area (Å²) in [6, 6.07) is 12.3. The fourth-order valence-corrected chi connectivity index (χ4v) is 6.06. The lowest BCUT2D eigenvalue weighted by atomic mass is 10.0. The quantitative estimate of drug-likeness (QED) is 0.627. The minimum absolute atomic E-state index is 0.0187. The Morgan fingerprint density at radius 2 is 2.00 bits per heavy atom. The number of carbonyl (C=O) groups is 1. The number of carbonyl (C=O) groups excluding carboxylic acids is 1. The first-order chi connectivity index (χ1) is 12.6. The summed E-state index contributed by atoms with van der Waals surface area (Å²) in [6.07, 6.45) is 2.02. The summed E-state index contributed by atoms with van der Waals surface area (Å²) in [4.78, 5) is 12.5. The van der Waals surface area contributed by atoms with Crippen molar-refractivity contribution in [3.8, 4) is 0 Å². The second-order valence-electron chi connectivity index (χ2n) is 6.57. The normalized spacial score (nSPS) is 14.8. The Labute approximate surface area is 161 Å². The minimum Gasteiger partial charge on any atom is -0.464 e. The Morgan fingerprint density at radius 1 is 1.19 bits per heavy atom. The molecule has 1 aliphatic heterocycles. The molecule has 5 heteroatoms. The summed E-state index contributed by atoms with van der Waals surface area (Å²) >= 11 is 3.94. The zero-order valence-corrected chi connectivity index (χ0v) is 16.5. The molecule has 0 spiro atoms. The number of nitrogens with one attached hydrogen (secondary N) is 1. The van der Waals surface area contributed by atoms with Gasteiger partial charge in [-0.05, 0) is 42.7 Å². The highest BCUT2D eigenvalue weighted by atomic mass is 32.2. The van der Waals surface area contributed by atoms with Crippen LogP contribution in [-0.2, 0) is 11.2 Å². The molecule has 0 unspecified atom stereocenters. The molecule has 0 saturated carbocycles. The van der Waals surface area contributed by atoms with Crippen LogP contribution in [0.5, 0.6) is 0 Å². The smallest absolute Gasteiger partial charge is 0.228 e. The van der Waals surface area contributed by atoms with Crippen LogP contribution in [0.25, 0.3) is 11.0 Å². The molecule has 1 aromatic heterocycles. The minimum atomic E-state index is -0.0187. The molecule has 1 amide bonds. The van der Waals surface area contributed by atoms with Crippen LogP contribution in [0.2, 0.25) is 0 Å². The van der Waals surface area contributed by atoms with E-state index in [-0.39, 0.29) is 5.91 Å². The van der Waals surface area contributed by atoms with Crippen molar-refractivity contribution in [2.75, 3.05) is 16.8 Å². The van der Waals surface area contributed by atoms with Crippen LogP contribution in [0, 0.1) is 13.8 Å². The molecule has 26 heavy (non-hydrogen) atoms. The maximum absolute atomic E-state index is 12.5. The molecule has 0 bridgehead atoms. The van der Waals surface area contributed by atoms with Gasteiger partial charge in [0.25, 0.3) is 0 Å². The molecule has 2 aromatic carbocycles. The van der Waals surface area contributed by atoms with Crippen molar-refractivity contribution in [2.24, 2.45) is 0 Å². The lowest BCUT2D eigenvalue weighted by molar-refractivity contribution is -0.115. The van der Waals surface area contributed by atoms with Gasteiger partial charge in [0.2, 0.25) is 5.91 Å². The van der Waals surface area contributed by atoms with Crippen LogP contribution in [0.3, 0.4) is 0 Å². The Kier molecular flexibility index (Phi) is 5.00. The van der Waals surface area contributed by atoms with E-state index in [4.69, 9.17) is 4.42 Å². The number of aryl methyl sites for hydroxylation is 2. The molecule has 4 rings (SSSR count). The number of furan rings is 1. The van der Waals surface area contributed by atoms with E-state index in [9.17, 15) is 4.79 Å². The van der Waals surface area contributed by atoms with Crippen molar-refractivity contribution in [3.05, 3.63) is 64.9 Å². The van der Waals surface area contributed by atoms with Gasteiger partial charge in [0, 0.05) is 28.1 Å². The molecule has 0 radical (unpaired) electrons. The zero-order valence-electron chi connectivity index (χ0n) is 14.9. The maximum atomic E-state index is 12.5. The van der Waals surface area contributed by atoms with E-state index in [2.05, 4.69) is 37.4 Å². The molecule has 3 aromatic rings. The fraction of sp³-hybridized carbons (Fsp3) is 0.286. The van der Waals surface area contributed by atoms with Crippen molar-refractivity contribution in [2.45, 2.75) is 24.9 Å². The first-order valence-corrected chi connectivity index (χ1v) is 10.8.